The van der Waals surface area contributed by atoms with Crippen molar-refractivity contribution in [3.05, 3.63) is 0 Å². The Labute approximate surface area is 108 Å². The van der Waals surface area contributed by atoms with Crippen LogP contribution >= 0.6 is 11.8 Å². The minimum Gasteiger partial charge on any atom is -0.481 e. The SMILES string of the molecule is CSCCC(=O)NC(CC(=O)O)CC(C)(C)C. The minimum atomic E-state index is -0.871. The molecule has 1 atom stereocenters. The van der Waals surface area contributed by atoms with E-state index in [1.165, 1.54) is 0 Å². The third kappa shape index (κ3) is 10.2. The van der Waals surface area contributed by atoms with Gasteiger partial charge in [-0.25, -0.2) is 0 Å². The minimum absolute atomic E-state index is 0.00685. The molecule has 0 bridgehead atoms. The van der Waals surface area contributed by atoms with Gasteiger partial charge in [-0.05, 0) is 18.1 Å². The van der Waals surface area contributed by atoms with E-state index in [2.05, 4.69) is 5.32 Å². The molecule has 0 aromatic carbocycles. The van der Waals surface area contributed by atoms with Crippen molar-refractivity contribution in [2.45, 2.75) is 46.1 Å². The van der Waals surface area contributed by atoms with Gasteiger partial charge in [0.2, 0.25) is 5.91 Å². The molecule has 4 nitrogen and oxygen atoms in total. The van der Waals surface area contributed by atoms with Crippen molar-refractivity contribution in [3.63, 3.8) is 0 Å². The normalized spacial score (nSPS) is 13.2. The molecule has 17 heavy (non-hydrogen) atoms. The van der Waals surface area contributed by atoms with Gasteiger partial charge < -0.3 is 10.4 Å². The van der Waals surface area contributed by atoms with Crippen LogP contribution in [0.5, 0.6) is 0 Å². The molecule has 0 aliphatic carbocycles. The highest BCUT2D eigenvalue weighted by Gasteiger charge is 2.22. The van der Waals surface area contributed by atoms with Crippen molar-refractivity contribution in [1.82, 2.24) is 5.32 Å². The molecular formula is C12H23NO3S. The Morgan fingerprint density at radius 3 is 2.35 bits per heavy atom. The van der Waals surface area contributed by atoms with Crippen LogP contribution in [-0.2, 0) is 9.59 Å². The first-order chi connectivity index (χ1) is 7.74. The summed E-state index contributed by atoms with van der Waals surface area (Å²) < 4.78 is 0. The molecule has 1 unspecified atom stereocenters. The van der Waals surface area contributed by atoms with Gasteiger partial charge in [-0.2, -0.15) is 11.8 Å². The number of aliphatic carboxylic acids is 1. The number of carboxylic acids is 1. The van der Waals surface area contributed by atoms with E-state index in [0.717, 1.165) is 5.75 Å². The highest BCUT2D eigenvalue weighted by molar-refractivity contribution is 7.98. The Kier molecular flexibility index (Phi) is 7.27. The fraction of sp³-hybridized carbons (Fsp3) is 0.833. The first-order valence-corrected chi connectivity index (χ1v) is 7.14. The van der Waals surface area contributed by atoms with E-state index in [-0.39, 0.29) is 23.8 Å². The summed E-state index contributed by atoms with van der Waals surface area (Å²) in [4.78, 5) is 22.3. The van der Waals surface area contributed by atoms with Crippen LogP contribution < -0.4 is 5.32 Å². The standard InChI is InChI=1S/C12H23NO3S/c1-12(2,3)8-9(7-11(15)16)13-10(14)5-6-17-4/h9H,5-8H2,1-4H3,(H,13,14)(H,15,16). The zero-order valence-corrected chi connectivity index (χ0v) is 11.9. The zero-order valence-electron chi connectivity index (χ0n) is 11.1. The topological polar surface area (TPSA) is 66.4 Å². The number of carbonyl (C=O) groups excluding carboxylic acids is 1. The Balaban J connectivity index is 4.28. The Morgan fingerprint density at radius 1 is 1.35 bits per heavy atom. The average Bonchev–Trinajstić information content (AvgIpc) is 2.10. The second-order valence-electron chi connectivity index (χ2n) is 5.37. The van der Waals surface area contributed by atoms with Crippen molar-refractivity contribution in [3.8, 4) is 0 Å². The number of hydrogen-bond donors (Lipinski definition) is 2. The van der Waals surface area contributed by atoms with Crippen LogP contribution in [0.3, 0.4) is 0 Å². The molecule has 0 rings (SSSR count). The van der Waals surface area contributed by atoms with Crippen molar-refractivity contribution >= 4 is 23.6 Å². The maximum atomic E-state index is 11.6. The van der Waals surface area contributed by atoms with Gasteiger partial charge in [0.1, 0.15) is 0 Å². The van der Waals surface area contributed by atoms with Crippen LogP contribution in [0.4, 0.5) is 0 Å². The average molecular weight is 261 g/mol. The molecule has 0 aliphatic heterocycles. The molecule has 0 saturated heterocycles. The first kappa shape index (κ1) is 16.3. The number of hydrogen-bond acceptors (Lipinski definition) is 3. The quantitative estimate of drug-likeness (QED) is 0.737. The molecule has 100 valence electrons. The number of thioether (sulfide) groups is 1. The Morgan fingerprint density at radius 2 is 1.94 bits per heavy atom. The van der Waals surface area contributed by atoms with Gasteiger partial charge >= 0.3 is 5.97 Å². The van der Waals surface area contributed by atoms with E-state index in [1.54, 1.807) is 11.8 Å². The molecule has 0 radical (unpaired) electrons. The van der Waals surface area contributed by atoms with E-state index in [1.807, 2.05) is 27.0 Å². The lowest BCUT2D eigenvalue weighted by Gasteiger charge is -2.25. The molecule has 2 N–H and O–H groups in total. The summed E-state index contributed by atoms with van der Waals surface area (Å²) in [5.41, 5.74) is 0.00685. The van der Waals surface area contributed by atoms with Gasteiger partial charge in [0.15, 0.2) is 0 Å². The van der Waals surface area contributed by atoms with Crippen molar-refractivity contribution in [2.24, 2.45) is 5.41 Å². The van der Waals surface area contributed by atoms with Gasteiger partial charge in [0.05, 0.1) is 6.42 Å². The van der Waals surface area contributed by atoms with Gasteiger partial charge in [0, 0.05) is 18.2 Å². The highest BCUT2D eigenvalue weighted by atomic mass is 32.2. The van der Waals surface area contributed by atoms with Crippen LogP contribution in [0.25, 0.3) is 0 Å². The molecule has 0 spiro atoms. The van der Waals surface area contributed by atoms with E-state index in [0.29, 0.717) is 12.8 Å². The number of carbonyl (C=O) groups is 2. The number of carboxylic acid groups (broad SMARTS) is 1. The Hall–Kier alpha value is -0.710. The lowest BCUT2D eigenvalue weighted by Crippen LogP contribution is -2.39. The molecule has 0 saturated carbocycles. The van der Waals surface area contributed by atoms with E-state index >= 15 is 0 Å². The van der Waals surface area contributed by atoms with Crippen LogP contribution in [0.2, 0.25) is 0 Å². The third-order valence-corrected chi connectivity index (χ3v) is 2.79. The summed E-state index contributed by atoms with van der Waals surface area (Å²) in [5.74, 6) is -0.166. The van der Waals surface area contributed by atoms with E-state index < -0.39 is 5.97 Å². The first-order valence-electron chi connectivity index (χ1n) is 5.74. The highest BCUT2D eigenvalue weighted by Crippen LogP contribution is 2.22. The second-order valence-corrected chi connectivity index (χ2v) is 6.36. The Bertz CT molecular complexity index is 261. The molecule has 0 heterocycles. The maximum absolute atomic E-state index is 11.6. The number of nitrogens with one attached hydrogen (secondary N) is 1. The fourth-order valence-electron chi connectivity index (χ4n) is 1.62. The second kappa shape index (κ2) is 7.58. The largest absolute Gasteiger partial charge is 0.481 e. The van der Waals surface area contributed by atoms with Crippen molar-refractivity contribution in [2.75, 3.05) is 12.0 Å². The molecule has 0 aromatic rings. The van der Waals surface area contributed by atoms with Crippen molar-refractivity contribution < 1.29 is 14.7 Å². The van der Waals surface area contributed by atoms with Gasteiger partial charge in [-0.15, -0.1) is 0 Å². The number of rotatable bonds is 7. The van der Waals surface area contributed by atoms with Gasteiger partial charge in [-0.1, -0.05) is 20.8 Å². The van der Waals surface area contributed by atoms with Crippen LogP contribution in [0.15, 0.2) is 0 Å². The lowest BCUT2D eigenvalue weighted by molar-refractivity contribution is -0.137. The summed E-state index contributed by atoms with van der Waals surface area (Å²) in [5, 5.41) is 11.6. The molecule has 0 aromatic heterocycles. The van der Waals surface area contributed by atoms with Gasteiger partial charge in [0.25, 0.3) is 0 Å². The van der Waals surface area contributed by atoms with Gasteiger partial charge in [-0.3, -0.25) is 9.59 Å². The predicted molar refractivity (Wildman–Crippen MR) is 71.3 cm³/mol. The summed E-state index contributed by atoms with van der Waals surface area (Å²) in [6, 6.07) is -0.276. The van der Waals surface area contributed by atoms with E-state index in [9.17, 15) is 9.59 Å². The summed E-state index contributed by atoms with van der Waals surface area (Å²) in [7, 11) is 0. The fourth-order valence-corrected chi connectivity index (χ4v) is 2.01. The van der Waals surface area contributed by atoms with Crippen LogP contribution in [0, 0.1) is 5.41 Å². The number of amides is 1. The van der Waals surface area contributed by atoms with Crippen molar-refractivity contribution in [1.29, 1.82) is 0 Å². The third-order valence-electron chi connectivity index (χ3n) is 2.18. The van der Waals surface area contributed by atoms with E-state index in [4.69, 9.17) is 5.11 Å². The smallest absolute Gasteiger partial charge is 0.305 e. The molecular weight excluding hydrogens is 238 g/mol. The molecule has 0 fully saturated rings. The lowest BCUT2D eigenvalue weighted by atomic mass is 9.87. The molecule has 1 amide bonds. The monoisotopic (exact) mass is 261 g/mol. The van der Waals surface area contributed by atoms with Crippen LogP contribution in [-0.4, -0.2) is 35.0 Å². The zero-order chi connectivity index (χ0) is 13.5. The summed E-state index contributed by atoms with van der Waals surface area (Å²) in [6.07, 6.45) is 3.05. The maximum Gasteiger partial charge on any atom is 0.305 e. The predicted octanol–water partition coefficient (Wildman–Crippen LogP) is 2.14. The molecule has 5 heteroatoms. The molecule has 0 aliphatic rings. The summed E-state index contributed by atoms with van der Waals surface area (Å²) >= 11 is 1.61. The summed E-state index contributed by atoms with van der Waals surface area (Å²) in [6.45, 7) is 6.11. The van der Waals surface area contributed by atoms with Crippen LogP contribution in [0.1, 0.15) is 40.0 Å².